The first kappa shape index (κ1) is 16.1. The number of benzene rings is 1. The molecule has 1 N–H and O–H groups in total. The Morgan fingerprint density at radius 3 is 2.46 bits per heavy atom. The van der Waals surface area contributed by atoms with Crippen LogP contribution in [0.15, 0.2) is 41.0 Å². The van der Waals surface area contributed by atoms with Crippen LogP contribution in [0.4, 0.5) is 5.69 Å². The van der Waals surface area contributed by atoms with Crippen LogP contribution in [0.2, 0.25) is 0 Å². The van der Waals surface area contributed by atoms with Crippen molar-refractivity contribution in [3.8, 4) is 5.75 Å². The van der Waals surface area contributed by atoms with Crippen molar-refractivity contribution in [2.45, 2.75) is 25.8 Å². The molecule has 0 spiro atoms. The van der Waals surface area contributed by atoms with Crippen LogP contribution in [0.3, 0.4) is 0 Å². The topological polar surface area (TPSA) is 80.0 Å². The average Bonchev–Trinajstić information content (AvgIpc) is 3.31. The molecule has 1 atom stereocenters. The molecule has 1 aliphatic rings. The molecule has 24 heavy (non-hydrogen) atoms. The minimum Gasteiger partial charge on any atom is -0.497 e. The number of rotatable bonds is 6. The quantitative estimate of drug-likeness (QED) is 0.878. The van der Waals surface area contributed by atoms with Gasteiger partial charge in [-0.1, -0.05) is 0 Å². The lowest BCUT2D eigenvalue weighted by Crippen LogP contribution is -2.40. The largest absolute Gasteiger partial charge is 0.497 e. The van der Waals surface area contributed by atoms with Gasteiger partial charge in [-0.2, -0.15) is 0 Å². The van der Waals surface area contributed by atoms with Gasteiger partial charge in [-0.25, -0.2) is 4.79 Å². The molecule has 1 aliphatic carbocycles. The normalized spacial score (nSPS) is 14.9. The Balaban J connectivity index is 1.93. The summed E-state index contributed by atoms with van der Waals surface area (Å²) in [5, 5.41) is 9.00. The summed E-state index contributed by atoms with van der Waals surface area (Å²) < 4.78 is 10.3. The number of amides is 1. The number of nitrogens with zero attached hydrogens (tertiary/aromatic N) is 1. The number of carbonyl (C=O) groups is 2. The Bertz CT molecular complexity index is 745. The number of furan rings is 1. The van der Waals surface area contributed by atoms with E-state index < -0.39 is 5.97 Å². The van der Waals surface area contributed by atoms with Crippen LogP contribution in [0, 0.1) is 5.92 Å². The summed E-state index contributed by atoms with van der Waals surface area (Å²) in [5.41, 5.74) is 0.695. The van der Waals surface area contributed by atoms with Crippen LogP contribution in [-0.4, -0.2) is 30.1 Å². The van der Waals surface area contributed by atoms with Crippen molar-refractivity contribution in [1.82, 2.24) is 0 Å². The molecule has 0 bridgehead atoms. The van der Waals surface area contributed by atoms with Crippen molar-refractivity contribution in [3.05, 3.63) is 47.9 Å². The fraction of sp³-hybridized carbons (Fsp3) is 0.333. The Labute approximate surface area is 139 Å². The number of aromatic carboxylic acids is 1. The van der Waals surface area contributed by atoms with Crippen LogP contribution >= 0.6 is 0 Å². The lowest BCUT2D eigenvalue weighted by Gasteiger charge is -2.29. The number of carboxylic acids is 1. The zero-order chi connectivity index (χ0) is 17.3. The molecule has 1 fully saturated rings. The number of hydrogen-bond acceptors (Lipinski definition) is 4. The Morgan fingerprint density at radius 1 is 1.29 bits per heavy atom. The highest BCUT2D eigenvalue weighted by Gasteiger charge is 2.36. The minimum atomic E-state index is -1.12. The Kier molecular flexibility index (Phi) is 4.29. The van der Waals surface area contributed by atoms with Crippen molar-refractivity contribution in [3.63, 3.8) is 0 Å². The van der Waals surface area contributed by atoms with Crippen molar-refractivity contribution in [2.75, 3.05) is 12.0 Å². The van der Waals surface area contributed by atoms with E-state index >= 15 is 0 Å². The number of methoxy groups -OCH3 is 1. The zero-order valence-electron chi connectivity index (χ0n) is 13.6. The third kappa shape index (κ3) is 3.13. The number of ether oxygens (including phenoxy) is 1. The predicted octanol–water partition coefficient (Wildman–Crippen LogP) is 3.43. The van der Waals surface area contributed by atoms with Crippen LogP contribution in [0.25, 0.3) is 0 Å². The smallest absolute Gasteiger partial charge is 0.338 e. The van der Waals surface area contributed by atoms with Gasteiger partial charge in [0.1, 0.15) is 12.0 Å². The highest BCUT2D eigenvalue weighted by atomic mass is 16.5. The zero-order valence-corrected chi connectivity index (χ0v) is 13.6. The molecule has 1 aromatic heterocycles. The van der Waals surface area contributed by atoms with Gasteiger partial charge in [0.15, 0.2) is 5.76 Å². The van der Waals surface area contributed by atoms with Gasteiger partial charge in [0.2, 0.25) is 0 Å². The average molecular weight is 329 g/mol. The van der Waals surface area contributed by atoms with Crippen molar-refractivity contribution in [2.24, 2.45) is 5.92 Å². The van der Waals surface area contributed by atoms with Gasteiger partial charge in [-0.05, 0) is 49.9 Å². The van der Waals surface area contributed by atoms with E-state index in [1.165, 1.54) is 6.07 Å². The SMILES string of the molecule is COc1ccc(N(C(=O)c2cc(C(=O)O)co2)[C@H](C)C2CC2)cc1. The van der Waals surface area contributed by atoms with E-state index in [1.54, 1.807) is 24.1 Å². The third-order valence-corrected chi connectivity index (χ3v) is 4.34. The first-order valence-electron chi connectivity index (χ1n) is 7.80. The molecule has 0 aliphatic heterocycles. The second kappa shape index (κ2) is 6.39. The molecule has 2 aromatic rings. The molecule has 6 heteroatoms. The van der Waals surface area contributed by atoms with E-state index in [9.17, 15) is 9.59 Å². The van der Waals surface area contributed by atoms with Crippen LogP contribution < -0.4 is 9.64 Å². The van der Waals surface area contributed by atoms with Crippen LogP contribution in [-0.2, 0) is 0 Å². The van der Waals surface area contributed by atoms with Gasteiger partial charge in [-0.3, -0.25) is 4.79 Å². The van der Waals surface area contributed by atoms with Crippen LogP contribution in [0.1, 0.15) is 40.7 Å². The number of hydrogen-bond donors (Lipinski definition) is 1. The third-order valence-electron chi connectivity index (χ3n) is 4.34. The number of anilines is 1. The lowest BCUT2D eigenvalue weighted by atomic mass is 10.1. The first-order valence-corrected chi connectivity index (χ1v) is 7.80. The molecule has 1 heterocycles. The Morgan fingerprint density at radius 2 is 1.96 bits per heavy atom. The molecule has 1 aromatic carbocycles. The summed E-state index contributed by atoms with van der Waals surface area (Å²) >= 11 is 0. The highest BCUT2D eigenvalue weighted by Crippen LogP contribution is 2.38. The molecular weight excluding hydrogens is 310 g/mol. The van der Waals surface area contributed by atoms with Crippen molar-refractivity contribution in [1.29, 1.82) is 0 Å². The molecule has 3 rings (SSSR count). The van der Waals surface area contributed by atoms with Gasteiger partial charge in [0.25, 0.3) is 5.91 Å². The molecule has 0 radical (unpaired) electrons. The summed E-state index contributed by atoms with van der Waals surface area (Å²) in [6.07, 6.45) is 3.25. The fourth-order valence-corrected chi connectivity index (χ4v) is 2.75. The van der Waals surface area contributed by atoms with Gasteiger partial charge < -0.3 is 19.2 Å². The molecule has 0 unspecified atom stereocenters. The maximum atomic E-state index is 12.9. The van der Waals surface area contributed by atoms with E-state index in [1.807, 2.05) is 19.1 Å². The molecule has 1 amide bonds. The Hall–Kier alpha value is -2.76. The predicted molar refractivity (Wildman–Crippen MR) is 87.7 cm³/mol. The maximum absolute atomic E-state index is 12.9. The molecule has 126 valence electrons. The summed E-state index contributed by atoms with van der Waals surface area (Å²) in [6.45, 7) is 2.00. The van der Waals surface area contributed by atoms with E-state index in [-0.39, 0.29) is 23.3 Å². The molecule has 6 nitrogen and oxygen atoms in total. The second-order valence-electron chi connectivity index (χ2n) is 5.96. The van der Waals surface area contributed by atoms with Crippen molar-refractivity contribution < 1.29 is 23.8 Å². The van der Waals surface area contributed by atoms with Gasteiger partial charge in [0.05, 0.1) is 12.7 Å². The summed E-state index contributed by atoms with van der Waals surface area (Å²) in [6, 6.07) is 8.48. The van der Waals surface area contributed by atoms with E-state index in [4.69, 9.17) is 14.3 Å². The lowest BCUT2D eigenvalue weighted by molar-refractivity contribution is 0.0696. The van der Waals surface area contributed by atoms with Crippen molar-refractivity contribution >= 4 is 17.6 Å². The first-order chi connectivity index (χ1) is 11.5. The highest BCUT2D eigenvalue weighted by molar-refractivity contribution is 6.05. The summed E-state index contributed by atoms with van der Waals surface area (Å²) in [5.74, 6) is -0.284. The van der Waals surface area contributed by atoms with E-state index in [2.05, 4.69) is 0 Å². The second-order valence-corrected chi connectivity index (χ2v) is 5.96. The molecule has 1 saturated carbocycles. The summed E-state index contributed by atoms with van der Waals surface area (Å²) in [4.78, 5) is 25.6. The fourth-order valence-electron chi connectivity index (χ4n) is 2.75. The summed E-state index contributed by atoms with van der Waals surface area (Å²) in [7, 11) is 1.58. The standard InChI is InChI=1S/C18H19NO5/c1-11(12-3-4-12)19(14-5-7-15(23-2)8-6-14)17(20)16-9-13(10-24-16)18(21)22/h5-12H,3-4H2,1-2H3,(H,21,22)/t11-/m1/s1. The monoisotopic (exact) mass is 329 g/mol. The van der Waals surface area contributed by atoms with E-state index in [0.29, 0.717) is 11.7 Å². The number of carboxylic acid groups (broad SMARTS) is 1. The molecular formula is C18H19NO5. The van der Waals surface area contributed by atoms with Crippen LogP contribution in [0.5, 0.6) is 5.75 Å². The minimum absolute atomic E-state index is 0.00396. The van der Waals surface area contributed by atoms with E-state index in [0.717, 1.165) is 24.8 Å². The van der Waals surface area contributed by atoms with Gasteiger partial charge in [-0.15, -0.1) is 0 Å². The maximum Gasteiger partial charge on any atom is 0.338 e. The molecule has 0 saturated heterocycles. The van der Waals surface area contributed by atoms with Gasteiger partial charge in [0, 0.05) is 17.8 Å². The van der Waals surface area contributed by atoms with Gasteiger partial charge >= 0.3 is 5.97 Å². The number of carbonyl (C=O) groups excluding carboxylic acids is 1.